The highest BCUT2D eigenvalue weighted by Gasteiger charge is 2.23. The van der Waals surface area contributed by atoms with E-state index in [-0.39, 0.29) is 0 Å². The number of carbonyl (C=O) groups excluding carboxylic acids is 1. The normalized spacial score (nSPS) is 11.7. The molecule has 0 heterocycles. The molecule has 2 N–H and O–H groups in total. The van der Waals surface area contributed by atoms with Crippen molar-refractivity contribution in [3.8, 4) is 5.75 Å². The molecule has 0 aliphatic carbocycles. The number of carbonyl (C=O) groups is 2. The molecule has 0 aliphatic heterocycles. The zero-order valence-corrected chi connectivity index (χ0v) is 15.8. The molecule has 1 atom stereocenters. The summed E-state index contributed by atoms with van der Waals surface area (Å²) in [5, 5.41) is 12.2. The first-order valence-electron chi connectivity index (χ1n) is 8.74. The zero-order chi connectivity index (χ0) is 19.8. The molecule has 0 aliphatic rings. The van der Waals surface area contributed by atoms with Gasteiger partial charge in [0.05, 0.1) is 6.61 Å². The minimum Gasteiger partial charge on any atom is -0.493 e. The van der Waals surface area contributed by atoms with Crippen LogP contribution in [0, 0.1) is 13.8 Å². The topological polar surface area (TPSA) is 84.9 Å². The fraction of sp³-hybridized carbons (Fsp3) is 0.333. The third kappa shape index (κ3) is 6.11. The van der Waals surface area contributed by atoms with Crippen LogP contribution >= 0.6 is 0 Å². The van der Waals surface area contributed by atoms with E-state index < -0.39 is 17.9 Å². The first-order chi connectivity index (χ1) is 12.9. The summed E-state index contributed by atoms with van der Waals surface area (Å²) in [7, 11) is 1.62. The Morgan fingerprint density at radius 2 is 1.78 bits per heavy atom. The van der Waals surface area contributed by atoms with Gasteiger partial charge in [0.2, 0.25) is 0 Å². The molecule has 0 radical (unpaired) electrons. The standard InChI is InChI=1S/C21H25NO5/c1-14-10-15(2)12-17(11-14)19(21(24)25)22-20(23)16-6-4-7-18(13-16)27-9-5-8-26-3/h4,6-7,10-13,19H,5,8-9H2,1-3H3,(H,22,23)(H,24,25). The molecule has 1 unspecified atom stereocenters. The van der Waals surface area contributed by atoms with E-state index in [4.69, 9.17) is 9.47 Å². The SMILES string of the molecule is COCCCOc1cccc(C(=O)NC(C(=O)O)c2cc(C)cc(C)c2)c1. The number of methoxy groups -OCH3 is 1. The summed E-state index contributed by atoms with van der Waals surface area (Å²) in [6.07, 6.45) is 0.737. The number of aryl methyl sites for hydroxylation is 2. The molecule has 0 saturated carbocycles. The molecule has 1 amide bonds. The first kappa shape index (κ1) is 20.5. The highest BCUT2D eigenvalue weighted by atomic mass is 16.5. The fourth-order valence-electron chi connectivity index (χ4n) is 2.80. The van der Waals surface area contributed by atoms with Crippen molar-refractivity contribution in [2.24, 2.45) is 0 Å². The molecule has 0 spiro atoms. The summed E-state index contributed by atoms with van der Waals surface area (Å²) < 4.78 is 10.6. The van der Waals surface area contributed by atoms with Gasteiger partial charge in [-0.15, -0.1) is 0 Å². The minimum atomic E-state index is -1.12. The Balaban J connectivity index is 2.12. The minimum absolute atomic E-state index is 0.342. The highest BCUT2D eigenvalue weighted by Crippen LogP contribution is 2.19. The van der Waals surface area contributed by atoms with Crippen LogP contribution in [-0.2, 0) is 9.53 Å². The maximum Gasteiger partial charge on any atom is 0.330 e. The summed E-state index contributed by atoms with van der Waals surface area (Å²) in [5.41, 5.74) is 2.77. The van der Waals surface area contributed by atoms with Crippen LogP contribution in [0.4, 0.5) is 0 Å². The number of benzene rings is 2. The number of nitrogens with one attached hydrogen (secondary N) is 1. The number of hydrogen-bond acceptors (Lipinski definition) is 4. The number of amides is 1. The number of carboxylic acids is 1. The van der Waals surface area contributed by atoms with Gasteiger partial charge in [0.25, 0.3) is 5.91 Å². The quantitative estimate of drug-likeness (QED) is 0.661. The van der Waals surface area contributed by atoms with Crippen molar-refractivity contribution in [2.75, 3.05) is 20.3 Å². The predicted octanol–water partition coefficient (Wildman–Crippen LogP) is 3.27. The molecular formula is C21H25NO5. The van der Waals surface area contributed by atoms with Crippen molar-refractivity contribution in [1.29, 1.82) is 0 Å². The number of rotatable bonds is 9. The molecule has 2 aromatic rings. The van der Waals surface area contributed by atoms with Gasteiger partial charge in [-0.25, -0.2) is 4.79 Å². The van der Waals surface area contributed by atoms with Crippen LogP contribution in [0.5, 0.6) is 5.75 Å². The van der Waals surface area contributed by atoms with Gasteiger partial charge in [-0.05, 0) is 37.6 Å². The first-order valence-corrected chi connectivity index (χ1v) is 8.74. The molecular weight excluding hydrogens is 346 g/mol. The molecule has 2 rings (SSSR count). The van der Waals surface area contributed by atoms with Crippen molar-refractivity contribution in [3.05, 3.63) is 64.7 Å². The number of aliphatic carboxylic acids is 1. The van der Waals surface area contributed by atoms with Crippen LogP contribution in [0.25, 0.3) is 0 Å². The van der Waals surface area contributed by atoms with E-state index in [0.717, 1.165) is 17.5 Å². The highest BCUT2D eigenvalue weighted by molar-refractivity contribution is 5.97. The van der Waals surface area contributed by atoms with Gasteiger partial charge in [-0.1, -0.05) is 35.4 Å². The average molecular weight is 371 g/mol. The molecule has 0 saturated heterocycles. The van der Waals surface area contributed by atoms with Gasteiger partial charge < -0.3 is 19.9 Å². The van der Waals surface area contributed by atoms with Gasteiger partial charge >= 0.3 is 5.97 Å². The molecule has 6 nitrogen and oxygen atoms in total. The fourth-order valence-corrected chi connectivity index (χ4v) is 2.80. The summed E-state index contributed by atoms with van der Waals surface area (Å²) in [5.74, 6) is -1.03. The Hall–Kier alpha value is -2.86. The van der Waals surface area contributed by atoms with E-state index in [2.05, 4.69) is 5.32 Å². The van der Waals surface area contributed by atoms with Crippen molar-refractivity contribution in [2.45, 2.75) is 26.3 Å². The van der Waals surface area contributed by atoms with Gasteiger partial charge in [-0.3, -0.25) is 4.79 Å². The second kappa shape index (κ2) is 9.73. The van der Waals surface area contributed by atoms with E-state index in [9.17, 15) is 14.7 Å². The third-order valence-electron chi connectivity index (χ3n) is 3.96. The van der Waals surface area contributed by atoms with E-state index in [0.29, 0.717) is 30.1 Å². The second-order valence-electron chi connectivity index (χ2n) is 6.39. The lowest BCUT2D eigenvalue weighted by Crippen LogP contribution is -2.33. The van der Waals surface area contributed by atoms with Crippen molar-refractivity contribution in [1.82, 2.24) is 5.32 Å². The van der Waals surface area contributed by atoms with E-state index in [1.165, 1.54) is 0 Å². The number of ether oxygens (including phenoxy) is 2. The Morgan fingerprint density at radius 1 is 1.07 bits per heavy atom. The van der Waals surface area contributed by atoms with Crippen LogP contribution in [0.15, 0.2) is 42.5 Å². The second-order valence-corrected chi connectivity index (χ2v) is 6.39. The van der Waals surface area contributed by atoms with Crippen LogP contribution < -0.4 is 10.1 Å². The Kier molecular flexibility index (Phi) is 7.37. The van der Waals surface area contributed by atoms with Crippen LogP contribution in [0.2, 0.25) is 0 Å². The Morgan fingerprint density at radius 3 is 2.41 bits per heavy atom. The maximum atomic E-state index is 12.6. The summed E-state index contributed by atoms with van der Waals surface area (Å²) in [4.78, 5) is 24.3. The number of hydrogen-bond donors (Lipinski definition) is 2. The van der Waals surface area contributed by atoms with Crippen LogP contribution in [0.3, 0.4) is 0 Å². The predicted molar refractivity (Wildman–Crippen MR) is 102 cm³/mol. The van der Waals surface area contributed by atoms with E-state index in [1.54, 1.807) is 43.5 Å². The molecule has 0 fully saturated rings. The van der Waals surface area contributed by atoms with Crippen molar-refractivity contribution >= 4 is 11.9 Å². The lowest BCUT2D eigenvalue weighted by atomic mass is 10.0. The lowest BCUT2D eigenvalue weighted by Gasteiger charge is -2.16. The summed E-state index contributed by atoms with van der Waals surface area (Å²) in [6, 6.07) is 11.0. The Bertz CT molecular complexity index is 783. The van der Waals surface area contributed by atoms with Crippen LogP contribution in [-0.4, -0.2) is 37.3 Å². The maximum absolute atomic E-state index is 12.6. The number of carboxylic acid groups (broad SMARTS) is 1. The van der Waals surface area contributed by atoms with Gasteiger partial charge in [0.15, 0.2) is 6.04 Å². The van der Waals surface area contributed by atoms with Gasteiger partial charge in [0, 0.05) is 25.7 Å². The van der Waals surface area contributed by atoms with E-state index in [1.807, 2.05) is 19.9 Å². The van der Waals surface area contributed by atoms with Crippen molar-refractivity contribution < 1.29 is 24.2 Å². The molecule has 144 valence electrons. The molecule has 2 aromatic carbocycles. The summed E-state index contributed by atoms with van der Waals surface area (Å²) in [6.45, 7) is 4.85. The summed E-state index contributed by atoms with van der Waals surface area (Å²) >= 11 is 0. The van der Waals surface area contributed by atoms with E-state index >= 15 is 0 Å². The average Bonchev–Trinajstić information content (AvgIpc) is 2.62. The molecule has 27 heavy (non-hydrogen) atoms. The monoisotopic (exact) mass is 371 g/mol. The van der Waals surface area contributed by atoms with Crippen LogP contribution in [0.1, 0.15) is 39.5 Å². The van der Waals surface area contributed by atoms with Gasteiger partial charge in [-0.2, -0.15) is 0 Å². The molecule has 0 aromatic heterocycles. The lowest BCUT2D eigenvalue weighted by molar-refractivity contribution is -0.139. The van der Waals surface area contributed by atoms with Gasteiger partial charge in [0.1, 0.15) is 5.75 Å². The molecule has 6 heteroatoms. The largest absolute Gasteiger partial charge is 0.493 e. The van der Waals surface area contributed by atoms with Crippen molar-refractivity contribution in [3.63, 3.8) is 0 Å². The Labute approximate surface area is 159 Å². The smallest absolute Gasteiger partial charge is 0.330 e. The molecule has 0 bridgehead atoms. The third-order valence-corrected chi connectivity index (χ3v) is 3.96. The zero-order valence-electron chi connectivity index (χ0n) is 15.8.